The fourth-order valence-corrected chi connectivity index (χ4v) is 1.65. The monoisotopic (exact) mass is 201 g/mol. The summed E-state index contributed by atoms with van der Waals surface area (Å²) in [6.45, 7) is 8.85. The van der Waals surface area contributed by atoms with Crippen LogP contribution in [-0.4, -0.2) is 6.04 Å². The van der Waals surface area contributed by atoms with Crippen molar-refractivity contribution in [3.05, 3.63) is 47.3 Å². The molecular weight excluding hydrogens is 182 g/mol. The van der Waals surface area contributed by atoms with Crippen LogP contribution in [0.2, 0.25) is 0 Å². The van der Waals surface area contributed by atoms with Crippen LogP contribution in [-0.2, 0) is 6.42 Å². The molecule has 0 aliphatic heterocycles. The van der Waals surface area contributed by atoms with Crippen molar-refractivity contribution in [1.29, 1.82) is 0 Å². The predicted octanol–water partition coefficient (Wildman–Crippen LogP) is 4.10. The zero-order chi connectivity index (χ0) is 10.9. The molecule has 0 saturated heterocycles. The number of aryl methyl sites for hydroxylation is 1. The first-order chi connectivity index (χ1) is 7.33. The van der Waals surface area contributed by atoms with Crippen LogP contribution in [0.5, 0.6) is 0 Å². The van der Waals surface area contributed by atoms with Crippen molar-refractivity contribution >= 4 is 0 Å². The highest BCUT2D eigenvalue weighted by molar-refractivity contribution is 5.14. The van der Waals surface area contributed by atoms with Gasteiger partial charge < -0.3 is 4.85 Å². The van der Waals surface area contributed by atoms with E-state index in [2.05, 4.69) is 35.2 Å². The van der Waals surface area contributed by atoms with E-state index in [9.17, 15) is 0 Å². The summed E-state index contributed by atoms with van der Waals surface area (Å²) in [5.74, 6) is 0. The Morgan fingerprint density at radius 3 is 2.53 bits per heavy atom. The molecular formula is C14H19N. The Hall–Kier alpha value is -1.29. The molecule has 1 nitrogen and oxygen atoms in total. The zero-order valence-electron chi connectivity index (χ0n) is 9.45. The highest BCUT2D eigenvalue weighted by atomic mass is 14.7. The van der Waals surface area contributed by atoms with Gasteiger partial charge in [0.1, 0.15) is 0 Å². The molecule has 80 valence electrons. The van der Waals surface area contributed by atoms with Gasteiger partial charge in [-0.15, -0.1) is 0 Å². The van der Waals surface area contributed by atoms with Gasteiger partial charge in [0.2, 0.25) is 6.04 Å². The van der Waals surface area contributed by atoms with Crippen molar-refractivity contribution in [3.63, 3.8) is 0 Å². The van der Waals surface area contributed by atoms with Crippen LogP contribution >= 0.6 is 0 Å². The van der Waals surface area contributed by atoms with Crippen LogP contribution in [0.25, 0.3) is 4.85 Å². The highest BCUT2D eigenvalue weighted by Gasteiger charge is 2.02. The minimum Gasteiger partial charge on any atom is -0.314 e. The summed E-state index contributed by atoms with van der Waals surface area (Å²) < 4.78 is 0. The molecule has 1 unspecified atom stereocenters. The van der Waals surface area contributed by atoms with E-state index in [0.29, 0.717) is 0 Å². The Morgan fingerprint density at radius 1 is 1.13 bits per heavy atom. The molecule has 1 aromatic rings. The van der Waals surface area contributed by atoms with Gasteiger partial charge in [-0.3, -0.25) is 0 Å². The molecule has 0 saturated carbocycles. The maximum Gasteiger partial charge on any atom is 0.221 e. The Labute approximate surface area is 93.0 Å². The van der Waals surface area contributed by atoms with E-state index in [0.717, 1.165) is 6.42 Å². The first kappa shape index (κ1) is 11.8. The Balaban J connectivity index is 2.06. The maximum absolute atomic E-state index is 6.85. The van der Waals surface area contributed by atoms with Crippen LogP contribution in [0, 0.1) is 6.57 Å². The van der Waals surface area contributed by atoms with Gasteiger partial charge >= 0.3 is 0 Å². The molecule has 0 spiro atoms. The van der Waals surface area contributed by atoms with Crippen molar-refractivity contribution in [2.24, 2.45) is 0 Å². The van der Waals surface area contributed by atoms with Crippen molar-refractivity contribution < 1.29 is 0 Å². The van der Waals surface area contributed by atoms with E-state index >= 15 is 0 Å². The standard InChI is InChI=1S/C14H19N/c1-13(15-2)9-5-3-6-10-14-11-7-4-8-12-14/h4,7-8,11-13H,3,5-6,9-10H2,1H3. The molecule has 1 aromatic carbocycles. The third kappa shape index (κ3) is 5.22. The van der Waals surface area contributed by atoms with Crippen LogP contribution in [0.15, 0.2) is 30.3 Å². The molecule has 1 heteroatoms. The third-order valence-corrected chi connectivity index (χ3v) is 2.65. The number of benzene rings is 1. The van der Waals surface area contributed by atoms with E-state index in [-0.39, 0.29) is 6.04 Å². The number of rotatable bonds is 6. The summed E-state index contributed by atoms with van der Waals surface area (Å²) in [6.07, 6.45) is 5.91. The quantitative estimate of drug-likeness (QED) is 0.482. The lowest BCUT2D eigenvalue weighted by atomic mass is 10.0. The summed E-state index contributed by atoms with van der Waals surface area (Å²) >= 11 is 0. The zero-order valence-corrected chi connectivity index (χ0v) is 9.45. The topological polar surface area (TPSA) is 4.36 Å². The van der Waals surface area contributed by atoms with Crippen molar-refractivity contribution in [3.8, 4) is 0 Å². The smallest absolute Gasteiger partial charge is 0.221 e. The molecule has 0 aliphatic carbocycles. The number of nitrogens with zero attached hydrogens (tertiary/aromatic N) is 1. The average molecular weight is 201 g/mol. The van der Waals surface area contributed by atoms with Crippen LogP contribution in [0.1, 0.15) is 38.2 Å². The van der Waals surface area contributed by atoms with Gasteiger partial charge in [0.05, 0.1) is 0 Å². The van der Waals surface area contributed by atoms with E-state index < -0.39 is 0 Å². The Bertz CT molecular complexity index is 297. The van der Waals surface area contributed by atoms with E-state index in [4.69, 9.17) is 6.57 Å². The SMILES string of the molecule is [C-]#[N+]C(C)CCCCCc1ccccc1. The van der Waals surface area contributed by atoms with Crippen molar-refractivity contribution in [1.82, 2.24) is 0 Å². The minimum absolute atomic E-state index is 0.210. The predicted molar refractivity (Wildman–Crippen MR) is 64.7 cm³/mol. The molecule has 0 aliphatic rings. The second-order valence-electron chi connectivity index (χ2n) is 4.06. The normalized spacial score (nSPS) is 12.0. The highest BCUT2D eigenvalue weighted by Crippen LogP contribution is 2.09. The first-order valence-electron chi connectivity index (χ1n) is 5.73. The van der Waals surface area contributed by atoms with E-state index in [1.165, 1.54) is 31.2 Å². The van der Waals surface area contributed by atoms with E-state index in [1.54, 1.807) is 0 Å². The fraction of sp³-hybridized carbons (Fsp3) is 0.500. The molecule has 0 heterocycles. The molecule has 1 atom stereocenters. The van der Waals surface area contributed by atoms with Gasteiger partial charge in [-0.05, 0) is 24.8 Å². The lowest BCUT2D eigenvalue weighted by molar-refractivity contribution is 0.614. The molecule has 0 amide bonds. The molecule has 0 fully saturated rings. The summed E-state index contributed by atoms with van der Waals surface area (Å²) in [5, 5.41) is 0. The number of hydrogen-bond acceptors (Lipinski definition) is 0. The number of unbranched alkanes of at least 4 members (excludes halogenated alkanes) is 2. The van der Waals surface area contributed by atoms with Crippen LogP contribution in [0.3, 0.4) is 0 Å². The lowest BCUT2D eigenvalue weighted by Gasteiger charge is -2.01. The van der Waals surface area contributed by atoms with Gasteiger partial charge in [-0.25, -0.2) is 6.57 Å². The molecule has 0 aromatic heterocycles. The van der Waals surface area contributed by atoms with Gasteiger partial charge in [-0.2, -0.15) is 0 Å². The van der Waals surface area contributed by atoms with Gasteiger partial charge in [0.15, 0.2) is 0 Å². The summed E-state index contributed by atoms with van der Waals surface area (Å²) in [5.41, 5.74) is 1.43. The summed E-state index contributed by atoms with van der Waals surface area (Å²) in [6, 6.07) is 10.8. The molecule has 15 heavy (non-hydrogen) atoms. The van der Waals surface area contributed by atoms with E-state index in [1.807, 2.05) is 6.92 Å². The van der Waals surface area contributed by atoms with Crippen LogP contribution in [0.4, 0.5) is 0 Å². The largest absolute Gasteiger partial charge is 0.314 e. The average Bonchev–Trinajstić information content (AvgIpc) is 2.29. The second kappa shape index (κ2) is 7.06. The third-order valence-electron chi connectivity index (χ3n) is 2.65. The first-order valence-corrected chi connectivity index (χ1v) is 5.73. The summed E-state index contributed by atoms with van der Waals surface area (Å²) in [4.78, 5) is 3.49. The number of hydrogen-bond donors (Lipinski definition) is 0. The Kier molecular flexibility index (Phi) is 5.55. The van der Waals surface area contributed by atoms with Gasteiger partial charge in [-0.1, -0.05) is 36.8 Å². The van der Waals surface area contributed by atoms with Gasteiger partial charge in [0, 0.05) is 13.3 Å². The van der Waals surface area contributed by atoms with Gasteiger partial charge in [0.25, 0.3) is 0 Å². The van der Waals surface area contributed by atoms with Crippen molar-refractivity contribution in [2.75, 3.05) is 0 Å². The summed E-state index contributed by atoms with van der Waals surface area (Å²) in [7, 11) is 0. The fourth-order valence-electron chi connectivity index (χ4n) is 1.65. The molecule has 0 N–H and O–H groups in total. The lowest BCUT2D eigenvalue weighted by Crippen LogP contribution is -1.94. The van der Waals surface area contributed by atoms with Crippen molar-refractivity contribution in [2.45, 2.75) is 45.1 Å². The second-order valence-corrected chi connectivity index (χ2v) is 4.06. The molecule has 0 bridgehead atoms. The maximum atomic E-state index is 6.85. The molecule has 0 radical (unpaired) electrons. The molecule has 1 rings (SSSR count). The Morgan fingerprint density at radius 2 is 1.87 bits per heavy atom. The van der Waals surface area contributed by atoms with Crippen LogP contribution < -0.4 is 0 Å². The minimum atomic E-state index is 0.210.